The number of hydrogen-bond acceptors (Lipinski definition) is 2. The third-order valence-corrected chi connectivity index (χ3v) is 3.17. The third kappa shape index (κ3) is 3.38. The van der Waals surface area contributed by atoms with Crippen LogP contribution in [0.1, 0.15) is 5.56 Å². The van der Waals surface area contributed by atoms with E-state index in [9.17, 15) is 4.39 Å². The molecule has 3 aromatic rings. The van der Waals surface area contributed by atoms with Crippen molar-refractivity contribution in [3.63, 3.8) is 0 Å². The number of anilines is 2. The molecule has 2 nitrogen and oxygen atoms in total. The van der Waals surface area contributed by atoms with Crippen LogP contribution in [0.5, 0.6) is 0 Å². The second kappa shape index (κ2) is 6.68. The fourth-order valence-corrected chi connectivity index (χ4v) is 2.13. The number of hydrogen-bond donors (Lipinski definition) is 0. The summed E-state index contributed by atoms with van der Waals surface area (Å²) >= 11 is 0. The SMILES string of the molecule is Fc1cccc(/C=N\N(c2ccccc2)c2ccccc2)c1. The second-order valence-corrected chi connectivity index (χ2v) is 4.78. The summed E-state index contributed by atoms with van der Waals surface area (Å²) in [5.74, 6) is -0.269. The summed E-state index contributed by atoms with van der Waals surface area (Å²) in [7, 11) is 0. The normalized spacial score (nSPS) is 10.8. The molecular weight excluding hydrogens is 275 g/mol. The second-order valence-electron chi connectivity index (χ2n) is 4.78. The summed E-state index contributed by atoms with van der Waals surface area (Å²) in [5, 5.41) is 6.34. The van der Waals surface area contributed by atoms with Crippen molar-refractivity contribution in [2.45, 2.75) is 0 Å². The van der Waals surface area contributed by atoms with E-state index in [2.05, 4.69) is 5.10 Å². The van der Waals surface area contributed by atoms with Gasteiger partial charge < -0.3 is 0 Å². The van der Waals surface area contributed by atoms with E-state index in [-0.39, 0.29) is 5.82 Å². The molecule has 3 aromatic carbocycles. The lowest BCUT2D eigenvalue weighted by atomic mass is 10.2. The first kappa shape index (κ1) is 14.0. The number of hydrazone groups is 1. The van der Waals surface area contributed by atoms with Crippen molar-refractivity contribution in [1.82, 2.24) is 0 Å². The summed E-state index contributed by atoms with van der Waals surface area (Å²) < 4.78 is 13.3. The minimum absolute atomic E-state index is 0.269. The average Bonchev–Trinajstić information content (AvgIpc) is 2.57. The van der Waals surface area contributed by atoms with Gasteiger partial charge in [0.15, 0.2) is 0 Å². The molecule has 0 saturated heterocycles. The Bertz CT molecular complexity index is 715. The summed E-state index contributed by atoms with van der Waals surface area (Å²) in [4.78, 5) is 0. The first-order valence-corrected chi connectivity index (χ1v) is 7.03. The molecule has 0 amide bonds. The van der Waals surface area contributed by atoms with E-state index in [0.717, 1.165) is 16.9 Å². The van der Waals surface area contributed by atoms with Gasteiger partial charge in [-0.15, -0.1) is 0 Å². The molecular formula is C19H15FN2. The minimum atomic E-state index is -0.269. The molecule has 0 aromatic heterocycles. The van der Waals surface area contributed by atoms with Crippen LogP contribution in [0.4, 0.5) is 15.8 Å². The molecule has 0 atom stereocenters. The molecule has 0 spiro atoms. The van der Waals surface area contributed by atoms with Crippen molar-refractivity contribution in [2.75, 3.05) is 5.01 Å². The molecule has 3 heteroatoms. The number of nitrogens with zero attached hydrogens (tertiary/aromatic N) is 2. The Balaban J connectivity index is 1.96. The molecule has 3 rings (SSSR count). The molecule has 0 N–H and O–H groups in total. The number of benzene rings is 3. The highest BCUT2D eigenvalue weighted by Crippen LogP contribution is 2.25. The van der Waals surface area contributed by atoms with Crippen LogP contribution in [-0.4, -0.2) is 6.21 Å². The zero-order valence-corrected chi connectivity index (χ0v) is 11.9. The van der Waals surface area contributed by atoms with Crippen molar-refractivity contribution >= 4 is 17.6 Å². The smallest absolute Gasteiger partial charge is 0.123 e. The zero-order chi connectivity index (χ0) is 15.2. The van der Waals surface area contributed by atoms with Crippen LogP contribution >= 0.6 is 0 Å². The molecule has 108 valence electrons. The molecule has 0 bridgehead atoms. The van der Waals surface area contributed by atoms with E-state index in [4.69, 9.17) is 0 Å². The van der Waals surface area contributed by atoms with Crippen LogP contribution in [0, 0.1) is 5.82 Å². The van der Waals surface area contributed by atoms with Crippen LogP contribution < -0.4 is 5.01 Å². The van der Waals surface area contributed by atoms with Crippen molar-refractivity contribution < 1.29 is 4.39 Å². The summed E-state index contributed by atoms with van der Waals surface area (Å²) in [6.07, 6.45) is 1.66. The van der Waals surface area contributed by atoms with E-state index < -0.39 is 0 Å². The lowest BCUT2D eigenvalue weighted by Gasteiger charge is -2.19. The molecule has 0 aliphatic carbocycles. The molecule has 0 saturated carbocycles. The highest BCUT2D eigenvalue weighted by molar-refractivity contribution is 5.81. The van der Waals surface area contributed by atoms with Crippen LogP contribution in [-0.2, 0) is 0 Å². The number of rotatable bonds is 4. The highest BCUT2D eigenvalue weighted by atomic mass is 19.1. The monoisotopic (exact) mass is 290 g/mol. The summed E-state index contributed by atoms with van der Waals surface area (Å²) in [6.45, 7) is 0. The molecule has 22 heavy (non-hydrogen) atoms. The molecule has 0 aliphatic heterocycles. The zero-order valence-electron chi connectivity index (χ0n) is 11.9. The molecule has 0 heterocycles. The Morgan fingerprint density at radius 1 is 0.727 bits per heavy atom. The van der Waals surface area contributed by atoms with Gasteiger partial charge in [0.2, 0.25) is 0 Å². The van der Waals surface area contributed by atoms with Crippen molar-refractivity contribution in [3.05, 3.63) is 96.3 Å². The van der Waals surface area contributed by atoms with Crippen LogP contribution in [0.25, 0.3) is 0 Å². The maximum absolute atomic E-state index is 13.3. The van der Waals surface area contributed by atoms with Gasteiger partial charge in [-0.1, -0.05) is 48.5 Å². The Morgan fingerprint density at radius 2 is 1.32 bits per heavy atom. The van der Waals surface area contributed by atoms with E-state index in [0.29, 0.717) is 0 Å². The van der Waals surface area contributed by atoms with Crippen molar-refractivity contribution in [2.24, 2.45) is 5.10 Å². The standard InChI is InChI=1S/C19H15FN2/c20-17-9-7-8-16(14-17)15-21-22(18-10-3-1-4-11-18)19-12-5-2-6-13-19/h1-15H/b21-15-. The van der Waals surface area contributed by atoms with Gasteiger partial charge in [-0.2, -0.15) is 5.10 Å². The lowest BCUT2D eigenvalue weighted by molar-refractivity contribution is 0.627. The topological polar surface area (TPSA) is 15.6 Å². The Labute approximate surface area is 129 Å². The first-order valence-electron chi connectivity index (χ1n) is 7.03. The Morgan fingerprint density at radius 3 is 1.86 bits per heavy atom. The fraction of sp³-hybridized carbons (Fsp3) is 0. The molecule has 0 radical (unpaired) electrons. The predicted molar refractivity (Wildman–Crippen MR) is 89.0 cm³/mol. The van der Waals surface area contributed by atoms with Crippen molar-refractivity contribution in [1.29, 1.82) is 0 Å². The third-order valence-electron chi connectivity index (χ3n) is 3.17. The van der Waals surface area contributed by atoms with E-state index in [1.54, 1.807) is 12.3 Å². The van der Waals surface area contributed by atoms with E-state index in [1.807, 2.05) is 71.7 Å². The fourth-order valence-electron chi connectivity index (χ4n) is 2.13. The summed E-state index contributed by atoms with van der Waals surface area (Å²) in [5.41, 5.74) is 2.61. The quantitative estimate of drug-likeness (QED) is 0.488. The lowest BCUT2D eigenvalue weighted by Crippen LogP contribution is -2.09. The largest absolute Gasteiger partial charge is 0.234 e. The van der Waals surface area contributed by atoms with E-state index in [1.165, 1.54) is 12.1 Å². The molecule has 0 aliphatic rings. The maximum atomic E-state index is 13.3. The van der Waals surface area contributed by atoms with Crippen LogP contribution in [0.2, 0.25) is 0 Å². The van der Waals surface area contributed by atoms with Gasteiger partial charge >= 0.3 is 0 Å². The summed E-state index contributed by atoms with van der Waals surface area (Å²) in [6, 6.07) is 26.1. The van der Waals surface area contributed by atoms with E-state index >= 15 is 0 Å². The van der Waals surface area contributed by atoms with Gasteiger partial charge in [-0.05, 0) is 42.0 Å². The molecule has 0 unspecified atom stereocenters. The van der Waals surface area contributed by atoms with Crippen molar-refractivity contribution in [3.8, 4) is 0 Å². The van der Waals surface area contributed by atoms with Gasteiger partial charge in [0.05, 0.1) is 17.6 Å². The highest BCUT2D eigenvalue weighted by Gasteiger charge is 2.06. The Hall–Kier alpha value is -2.94. The number of halogens is 1. The van der Waals surface area contributed by atoms with Gasteiger partial charge in [0.1, 0.15) is 5.82 Å². The average molecular weight is 290 g/mol. The van der Waals surface area contributed by atoms with Gasteiger partial charge in [-0.3, -0.25) is 0 Å². The van der Waals surface area contributed by atoms with Gasteiger partial charge in [0.25, 0.3) is 0 Å². The van der Waals surface area contributed by atoms with Gasteiger partial charge in [0, 0.05) is 0 Å². The minimum Gasteiger partial charge on any atom is -0.234 e. The van der Waals surface area contributed by atoms with Gasteiger partial charge in [-0.25, -0.2) is 9.40 Å². The Kier molecular flexibility index (Phi) is 4.25. The number of para-hydroxylation sites is 2. The first-order chi connectivity index (χ1) is 10.8. The predicted octanol–water partition coefficient (Wildman–Crippen LogP) is 5.00. The molecule has 0 fully saturated rings. The maximum Gasteiger partial charge on any atom is 0.123 e. The van der Waals surface area contributed by atoms with Crippen LogP contribution in [0.3, 0.4) is 0 Å². The van der Waals surface area contributed by atoms with Crippen LogP contribution in [0.15, 0.2) is 90.0 Å².